The number of aliphatic carboxylic acids is 1. The van der Waals surface area contributed by atoms with Crippen LogP contribution in [0.15, 0.2) is 72.8 Å². The third-order valence-electron chi connectivity index (χ3n) is 5.84. The van der Waals surface area contributed by atoms with Crippen LogP contribution in [0, 0.1) is 12.3 Å². The Kier molecular flexibility index (Phi) is 9.59. The first-order valence-corrected chi connectivity index (χ1v) is 12.2. The Morgan fingerprint density at radius 1 is 1.05 bits per heavy atom. The Bertz CT molecular complexity index is 1310. The van der Waals surface area contributed by atoms with E-state index in [0.717, 1.165) is 31.0 Å². The molecule has 1 atom stereocenters. The fourth-order valence-corrected chi connectivity index (χ4v) is 4.01. The second kappa shape index (κ2) is 13.0. The number of benzene rings is 3. The fraction of sp³-hybridized carbons (Fsp3) is 0.241. The maximum atomic E-state index is 13.4. The van der Waals surface area contributed by atoms with Crippen LogP contribution in [-0.2, 0) is 14.4 Å². The largest absolute Gasteiger partial charge is 0.481 e. The third-order valence-corrected chi connectivity index (χ3v) is 5.84. The van der Waals surface area contributed by atoms with Gasteiger partial charge in [0.15, 0.2) is 0 Å². The van der Waals surface area contributed by atoms with Crippen LogP contribution in [0.1, 0.15) is 49.0 Å². The molecule has 38 heavy (non-hydrogen) atoms. The topological polar surface area (TPSA) is 146 Å². The van der Waals surface area contributed by atoms with Crippen LogP contribution >= 0.6 is 0 Å². The minimum Gasteiger partial charge on any atom is -0.481 e. The molecule has 4 rings (SSSR count). The number of carboxylic acids is 1. The normalized spacial score (nSPS) is 13.5. The summed E-state index contributed by atoms with van der Waals surface area (Å²) in [6.45, 7) is 3.70. The fourth-order valence-electron chi connectivity index (χ4n) is 4.01. The first kappa shape index (κ1) is 27.9. The average molecular weight is 517 g/mol. The molecule has 0 spiro atoms. The molecule has 9 nitrogen and oxygen atoms in total. The molecule has 1 aliphatic heterocycles. The first-order valence-electron chi connectivity index (χ1n) is 12.2. The minimum absolute atomic E-state index is 0.0749. The van der Waals surface area contributed by atoms with Gasteiger partial charge in [0.25, 0.3) is 11.9 Å². The number of carbonyl (C=O) groups is 3. The number of aryl methyl sites for hydroxylation is 1. The highest BCUT2D eigenvalue weighted by atomic mass is 16.5. The summed E-state index contributed by atoms with van der Waals surface area (Å²) in [5, 5.41) is 18.0. The number of ether oxygens (including phenoxy) is 1. The van der Waals surface area contributed by atoms with E-state index in [1.54, 1.807) is 29.2 Å². The summed E-state index contributed by atoms with van der Waals surface area (Å²) in [6.07, 6.45) is 1.58. The van der Waals surface area contributed by atoms with Gasteiger partial charge in [-0.1, -0.05) is 42.5 Å². The number of hydrogen-bond acceptors (Lipinski definition) is 5. The van der Waals surface area contributed by atoms with Gasteiger partial charge < -0.3 is 25.8 Å². The van der Waals surface area contributed by atoms with Crippen LogP contribution in [0.5, 0.6) is 5.75 Å². The lowest BCUT2D eigenvalue weighted by molar-refractivity contribution is -0.134. The molecule has 0 aromatic heterocycles. The van der Waals surface area contributed by atoms with E-state index in [1.165, 1.54) is 0 Å². The van der Waals surface area contributed by atoms with Crippen molar-refractivity contribution in [2.24, 2.45) is 5.73 Å². The van der Waals surface area contributed by atoms with Crippen molar-refractivity contribution in [2.75, 3.05) is 16.8 Å². The van der Waals surface area contributed by atoms with Gasteiger partial charge in [0.1, 0.15) is 11.6 Å². The standard InChI is InChI=1S/C27H28N4O3.C2H4O2/c1-18-16-21(31-15-6-5-12-24(31)32)13-14-23(18)30-27(33)25(19-8-3-2-4-9-19)34-22-11-7-10-20(17-22)26(28)29;1-2(3)4/h2-4,7-11,13-14,16-17,25H,5-6,12,15H2,1H3,(H3,28,29)(H,30,33);1H3,(H,3,4). The smallest absolute Gasteiger partial charge is 0.300 e. The van der Waals surface area contributed by atoms with Gasteiger partial charge in [0, 0.05) is 42.4 Å². The lowest BCUT2D eigenvalue weighted by atomic mass is 10.1. The number of amidine groups is 1. The van der Waals surface area contributed by atoms with E-state index >= 15 is 0 Å². The number of carboxylic acid groups (broad SMARTS) is 1. The van der Waals surface area contributed by atoms with Gasteiger partial charge in [-0.15, -0.1) is 0 Å². The molecular formula is C29H32N4O5. The summed E-state index contributed by atoms with van der Waals surface area (Å²) in [4.78, 5) is 36.4. The van der Waals surface area contributed by atoms with Crippen molar-refractivity contribution in [2.45, 2.75) is 39.2 Å². The van der Waals surface area contributed by atoms with E-state index < -0.39 is 12.1 Å². The molecule has 1 fully saturated rings. The lowest BCUT2D eigenvalue weighted by Gasteiger charge is -2.27. The van der Waals surface area contributed by atoms with Crippen molar-refractivity contribution in [3.05, 3.63) is 89.5 Å². The highest BCUT2D eigenvalue weighted by Crippen LogP contribution is 2.28. The van der Waals surface area contributed by atoms with Gasteiger partial charge in [-0.05, 0) is 55.7 Å². The van der Waals surface area contributed by atoms with Crippen LogP contribution in [0.4, 0.5) is 11.4 Å². The van der Waals surface area contributed by atoms with Crippen LogP contribution in [0.3, 0.4) is 0 Å². The Balaban J connectivity index is 0.000000934. The van der Waals surface area contributed by atoms with E-state index in [-0.39, 0.29) is 17.6 Å². The number of nitrogens with two attached hydrogens (primary N) is 1. The summed E-state index contributed by atoms with van der Waals surface area (Å²) in [6, 6.07) is 21.7. The van der Waals surface area contributed by atoms with E-state index in [9.17, 15) is 9.59 Å². The van der Waals surface area contributed by atoms with Crippen LogP contribution in [-0.4, -0.2) is 35.3 Å². The molecule has 0 aliphatic carbocycles. The van der Waals surface area contributed by atoms with Gasteiger partial charge in [0.05, 0.1) is 0 Å². The molecule has 3 aromatic rings. The maximum Gasteiger partial charge on any atom is 0.300 e. The molecule has 1 heterocycles. The van der Waals surface area contributed by atoms with E-state index in [1.807, 2.05) is 55.5 Å². The van der Waals surface area contributed by atoms with Crippen molar-refractivity contribution in [3.8, 4) is 5.75 Å². The second-order valence-corrected chi connectivity index (χ2v) is 8.86. The van der Waals surface area contributed by atoms with Crippen molar-refractivity contribution < 1.29 is 24.2 Å². The summed E-state index contributed by atoms with van der Waals surface area (Å²) >= 11 is 0. The number of rotatable bonds is 7. The van der Waals surface area contributed by atoms with Gasteiger partial charge >= 0.3 is 0 Å². The minimum atomic E-state index is -0.911. The zero-order chi connectivity index (χ0) is 27.7. The molecule has 1 unspecified atom stereocenters. The molecule has 0 radical (unpaired) electrons. The number of nitrogen functional groups attached to an aromatic ring is 1. The number of piperidine rings is 1. The predicted octanol–water partition coefficient (Wildman–Crippen LogP) is 4.65. The maximum absolute atomic E-state index is 13.4. The van der Waals surface area contributed by atoms with E-state index in [0.29, 0.717) is 35.5 Å². The predicted molar refractivity (Wildman–Crippen MR) is 147 cm³/mol. The first-order chi connectivity index (χ1) is 18.2. The quantitative estimate of drug-likeness (QED) is 0.266. The monoisotopic (exact) mass is 516 g/mol. The van der Waals surface area contributed by atoms with Gasteiger partial charge in [0.2, 0.25) is 12.0 Å². The van der Waals surface area contributed by atoms with Gasteiger partial charge in [-0.25, -0.2) is 0 Å². The summed E-state index contributed by atoms with van der Waals surface area (Å²) < 4.78 is 6.08. The highest BCUT2D eigenvalue weighted by molar-refractivity contribution is 5.98. The zero-order valence-electron chi connectivity index (χ0n) is 21.4. The molecule has 198 valence electrons. The number of nitrogens with one attached hydrogen (secondary N) is 2. The molecule has 0 saturated carbocycles. The number of anilines is 2. The van der Waals surface area contributed by atoms with Crippen molar-refractivity contribution >= 4 is 35.0 Å². The molecular weight excluding hydrogens is 484 g/mol. The van der Waals surface area contributed by atoms with Crippen LogP contribution in [0.25, 0.3) is 0 Å². The second-order valence-electron chi connectivity index (χ2n) is 8.86. The third kappa shape index (κ3) is 7.67. The Morgan fingerprint density at radius 2 is 1.76 bits per heavy atom. The zero-order valence-corrected chi connectivity index (χ0v) is 21.4. The molecule has 2 amide bonds. The molecule has 3 aromatic carbocycles. The number of carbonyl (C=O) groups excluding carboxylic acids is 2. The SMILES string of the molecule is CC(=O)O.Cc1cc(N2CCCCC2=O)ccc1NC(=O)C(Oc1cccc(C(=N)N)c1)c1ccccc1. The van der Waals surface area contributed by atoms with Gasteiger partial charge in [-0.2, -0.15) is 0 Å². The van der Waals surface area contributed by atoms with Crippen molar-refractivity contribution in [1.82, 2.24) is 0 Å². The number of nitrogens with zero attached hydrogens (tertiary/aromatic N) is 1. The van der Waals surface area contributed by atoms with E-state index in [4.69, 9.17) is 25.8 Å². The van der Waals surface area contributed by atoms with Crippen LogP contribution < -0.4 is 20.7 Å². The van der Waals surface area contributed by atoms with Crippen molar-refractivity contribution in [1.29, 1.82) is 5.41 Å². The highest BCUT2D eigenvalue weighted by Gasteiger charge is 2.24. The van der Waals surface area contributed by atoms with Gasteiger partial charge in [-0.3, -0.25) is 19.8 Å². The molecule has 0 bridgehead atoms. The molecule has 9 heteroatoms. The Morgan fingerprint density at radius 3 is 2.39 bits per heavy atom. The molecule has 1 aliphatic rings. The van der Waals surface area contributed by atoms with E-state index in [2.05, 4.69) is 5.32 Å². The van der Waals surface area contributed by atoms with Crippen LogP contribution in [0.2, 0.25) is 0 Å². The number of hydrogen-bond donors (Lipinski definition) is 4. The Hall–Kier alpha value is -4.66. The summed E-state index contributed by atoms with van der Waals surface area (Å²) in [7, 11) is 0. The number of amides is 2. The summed E-state index contributed by atoms with van der Waals surface area (Å²) in [5.41, 5.74) is 9.17. The lowest BCUT2D eigenvalue weighted by Crippen LogP contribution is -2.35. The summed E-state index contributed by atoms with van der Waals surface area (Å²) in [5.74, 6) is -0.668. The Labute approximate surface area is 221 Å². The van der Waals surface area contributed by atoms with Crippen molar-refractivity contribution in [3.63, 3.8) is 0 Å². The molecule has 5 N–H and O–H groups in total. The molecule has 1 saturated heterocycles. The average Bonchev–Trinajstić information content (AvgIpc) is 2.89.